The molecule has 1 aromatic carbocycles. The van der Waals surface area contributed by atoms with Gasteiger partial charge < -0.3 is 5.73 Å². The highest BCUT2D eigenvalue weighted by atomic mass is 35.5. The highest BCUT2D eigenvalue weighted by molar-refractivity contribution is 6.34. The molecule has 2 nitrogen and oxygen atoms in total. The molecule has 0 spiro atoms. The van der Waals surface area contributed by atoms with Crippen LogP contribution in [0.3, 0.4) is 0 Å². The summed E-state index contributed by atoms with van der Waals surface area (Å²) in [5, 5.41) is 1.64. The van der Waals surface area contributed by atoms with Gasteiger partial charge in [-0.15, -0.1) is 0 Å². The molecule has 0 saturated heterocycles. The summed E-state index contributed by atoms with van der Waals surface area (Å²) in [4.78, 5) is 2.53. The molecule has 0 bridgehead atoms. The van der Waals surface area contributed by atoms with Gasteiger partial charge in [-0.1, -0.05) is 42.5 Å². The lowest BCUT2D eigenvalue weighted by Gasteiger charge is -2.35. The van der Waals surface area contributed by atoms with Crippen LogP contribution in [0.5, 0.6) is 0 Å². The number of rotatable bonds is 2. The van der Waals surface area contributed by atoms with Gasteiger partial charge >= 0.3 is 0 Å². The lowest BCUT2D eigenvalue weighted by molar-refractivity contribution is 0.117. The molecule has 1 aliphatic carbocycles. The summed E-state index contributed by atoms with van der Waals surface area (Å²) in [6.45, 7) is 1.52. The number of halogens is 2. The van der Waals surface area contributed by atoms with Crippen molar-refractivity contribution in [3.63, 3.8) is 0 Å². The smallest absolute Gasteiger partial charge is 0.0495 e. The Balaban J connectivity index is 1.94. The third kappa shape index (κ3) is 2.40. The van der Waals surface area contributed by atoms with Gasteiger partial charge in [0.25, 0.3) is 0 Å². The fourth-order valence-electron chi connectivity index (χ4n) is 3.64. The molecule has 3 rings (SSSR count). The van der Waals surface area contributed by atoms with Crippen molar-refractivity contribution in [1.29, 1.82) is 0 Å². The second-order valence-corrected chi connectivity index (χ2v) is 6.45. The van der Waals surface area contributed by atoms with Gasteiger partial charge in [-0.05, 0) is 36.1 Å². The average molecular weight is 299 g/mol. The van der Waals surface area contributed by atoms with Crippen LogP contribution in [0.4, 0.5) is 0 Å². The van der Waals surface area contributed by atoms with Crippen LogP contribution in [0, 0.1) is 0 Å². The molecule has 0 radical (unpaired) electrons. The van der Waals surface area contributed by atoms with Gasteiger partial charge in [0, 0.05) is 35.2 Å². The number of nitrogens with two attached hydrogens (primary N) is 1. The van der Waals surface area contributed by atoms with Crippen LogP contribution in [-0.4, -0.2) is 17.5 Å². The van der Waals surface area contributed by atoms with E-state index in [1.54, 1.807) is 0 Å². The first-order valence-electron chi connectivity index (χ1n) is 7.15. The Morgan fingerprint density at radius 3 is 2.47 bits per heavy atom. The van der Waals surface area contributed by atoms with Crippen molar-refractivity contribution in [2.45, 2.75) is 50.7 Å². The summed E-state index contributed by atoms with van der Waals surface area (Å²) in [6.07, 6.45) is 6.58. The zero-order chi connectivity index (χ0) is 13.4. The van der Waals surface area contributed by atoms with Crippen LogP contribution in [0.25, 0.3) is 0 Å². The first-order chi connectivity index (χ1) is 9.22. The Hall–Kier alpha value is -0.280. The molecule has 1 atom stereocenters. The van der Waals surface area contributed by atoms with Gasteiger partial charge in [-0.2, -0.15) is 0 Å². The summed E-state index contributed by atoms with van der Waals surface area (Å²) in [5.74, 6) is 0. The number of nitrogens with zero attached hydrogens (tertiary/aromatic N) is 1. The molecule has 2 N–H and O–H groups in total. The first kappa shape index (κ1) is 13.7. The molecule has 1 aliphatic heterocycles. The van der Waals surface area contributed by atoms with Crippen LogP contribution >= 0.6 is 23.2 Å². The van der Waals surface area contributed by atoms with Gasteiger partial charge in [0.1, 0.15) is 0 Å². The molecule has 1 heterocycles. The minimum absolute atomic E-state index is 0.240. The van der Waals surface area contributed by atoms with E-state index in [0.29, 0.717) is 12.6 Å². The standard InChI is InChI=1S/C15H20Cl2N2/c16-12-6-7-13(17)15-11(12)9-19(14(15)8-18)10-4-2-1-3-5-10/h6-7,10,14H,1-5,8-9,18H2. The molecule has 1 aromatic rings. The zero-order valence-corrected chi connectivity index (χ0v) is 12.6. The third-order valence-corrected chi connectivity index (χ3v) is 5.27. The predicted octanol–water partition coefficient (Wildman–Crippen LogP) is 4.14. The second kappa shape index (κ2) is 5.61. The van der Waals surface area contributed by atoms with Crippen molar-refractivity contribution in [3.8, 4) is 0 Å². The third-order valence-electron chi connectivity index (χ3n) is 4.59. The molecular formula is C15H20Cl2N2. The Bertz CT molecular complexity index is 469. The lowest BCUT2D eigenvalue weighted by atomic mass is 9.93. The van der Waals surface area contributed by atoms with Gasteiger partial charge in [0.2, 0.25) is 0 Å². The molecule has 19 heavy (non-hydrogen) atoms. The van der Waals surface area contributed by atoms with E-state index < -0.39 is 0 Å². The van der Waals surface area contributed by atoms with Crippen LogP contribution in [-0.2, 0) is 6.54 Å². The van der Waals surface area contributed by atoms with Crippen molar-refractivity contribution in [1.82, 2.24) is 4.90 Å². The summed E-state index contributed by atoms with van der Waals surface area (Å²) in [5.41, 5.74) is 8.38. The van der Waals surface area contributed by atoms with Crippen LogP contribution < -0.4 is 5.73 Å². The monoisotopic (exact) mass is 298 g/mol. The number of benzene rings is 1. The lowest BCUT2D eigenvalue weighted by Crippen LogP contribution is -2.38. The normalized spacial score (nSPS) is 24.7. The zero-order valence-electron chi connectivity index (χ0n) is 11.0. The van der Waals surface area contributed by atoms with Crippen molar-refractivity contribution < 1.29 is 0 Å². The van der Waals surface area contributed by atoms with Gasteiger partial charge in [0.05, 0.1) is 0 Å². The summed E-state index contributed by atoms with van der Waals surface area (Å²) < 4.78 is 0. The van der Waals surface area contributed by atoms with Crippen molar-refractivity contribution in [2.24, 2.45) is 5.73 Å². The number of hydrogen-bond acceptors (Lipinski definition) is 2. The van der Waals surface area contributed by atoms with E-state index in [-0.39, 0.29) is 6.04 Å². The molecular weight excluding hydrogens is 279 g/mol. The molecule has 104 valence electrons. The van der Waals surface area contributed by atoms with Crippen LogP contribution in [0.1, 0.15) is 49.3 Å². The van der Waals surface area contributed by atoms with E-state index in [0.717, 1.165) is 16.6 Å². The van der Waals surface area contributed by atoms with Gasteiger partial charge in [-0.25, -0.2) is 0 Å². The molecule has 1 unspecified atom stereocenters. The second-order valence-electron chi connectivity index (χ2n) is 5.64. The van der Waals surface area contributed by atoms with E-state index >= 15 is 0 Å². The fraction of sp³-hybridized carbons (Fsp3) is 0.600. The number of hydrogen-bond donors (Lipinski definition) is 1. The Morgan fingerprint density at radius 2 is 1.79 bits per heavy atom. The van der Waals surface area contributed by atoms with Gasteiger partial charge in [0.15, 0.2) is 0 Å². The summed E-state index contributed by atoms with van der Waals surface area (Å²) in [7, 11) is 0. The Labute approximate surface area is 124 Å². The first-order valence-corrected chi connectivity index (χ1v) is 7.90. The Morgan fingerprint density at radius 1 is 1.11 bits per heavy atom. The van der Waals surface area contributed by atoms with E-state index in [2.05, 4.69) is 4.90 Å². The van der Waals surface area contributed by atoms with Crippen molar-refractivity contribution in [2.75, 3.05) is 6.54 Å². The van der Waals surface area contributed by atoms with E-state index in [1.165, 1.54) is 43.2 Å². The molecule has 0 amide bonds. The molecule has 0 aromatic heterocycles. The van der Waals surface area contributed by atoms with E-state index in [1.807, 2.05) is 12.1 Å². The van der Waals surface area contributed by atoms with E-state index in [4.69, 9.17) is 28.9 Å². The molecule has 1 fully saturated rings. The largest absolute Gasteiger partial charge is 0.329 e. The predicted molar refractivity (Wildman–Crippen MR) is 80.7 cm³/mol. The maximum atomic E-state index is 6.38. The summed E-state index contributed by atoms with van der Waals surface area (Å²) >= 11 is 12.7. The highest BCUT2D eigenvalue weighted by Crippen LogP contribution is 2.44. The molecule has 4 heteroatoms. The molecule has 1 saturated carbocycles. The van der Waals surface area contributed by atoms with Crippen molar-refractivity contribution in [3.05, 3.63) is 33.3 Å². The SMILES string of the molecule is NCC1c2c(Cl)ccc(Cl)c2CN1C1CCCCC1. The quantitative estimate of drug-likeness (QED) is 0.889. The highest BCUT2D eigenvalue weighted by Gasteiger charge is 2.36. The van der Waals surface area contributed by atoms with Crippen LogP contribution in [0.2, 0.25) is 10.0 Å². The average Bonchev–Trinajstić information content (AvgIpc) is 2.84. The van der Waals surface area contributed by atoms with Gasteiger partial charge in [-0.3, -0.25) is 4.90 Å². The topological polar surface area (TPSA) is 29.3 Å². The summed E-state index contributed by atoms with van der Waals surface area (Å²) in [6, 6.07) is 4.68. The minimum atomic E-state index is 0.240. The maximum Gasteiger partial charge on any atom is 0.0495 e. The molecule has 2 aliphatic rings. The fourth-order valence-corrected chi connectivity index (χ4v) is 4.17. The Kier molecular flexibility index (Phi) is 4.04. The van der Waals surface area contributed by atoms with E-state index in [9.17, 15) is 0 Å². The minimum Gasteiger partial charge on any atom is -0.329 e. The maximum absolute atomic E-state index is 6.38. The van der Waals surface area contributed by atoms with Crippen LogP contribution in [0.15, 0.2) is 12.1 Å². The van der Waals surface area contributed by atoms with Crippen molar-refractivity contribution >= 4 is 23.2 Å². The number of fused-ring (bicyclic) bond motifs is 1.